The zero-order chi connectivity index (χ0) is 13.2. The number of carbonyl (C=O) groups excluding carboxylic acids is 1. The predicted octanol–water partition coefficient (Wildman–Crippen LogP) is 3.34. The number of hydrogen-bond donors (Lipinski definition) is 0. The number of ether oxygens (including phenoxy) is 2. The molecule has 96 valence electrons. The Balaban J connectivity index is 2.40. The lowest BCUT2D eigenvalue weighted by molar-refractivity contribution is -0.124. The molecule has 1 heterocycles. The topological polar surface area (TPSA) is 35.5 Å². The molecule has 2 rings (SSSR count). The van der Waals surface area contributed by atoms with Crippen LogP contribution in [0.15, 0.2) is 23.8 Å². The van der Waals surface area contributed by atoms with Gasteiger partial charge in [0.1, 0.15) is 0 Å². The molecule has 0 aromatic heterocycles. The van der Waals surface area contributed by atoms with Crippen molar-refractivity contribution in [2.45, 2.75) is 12.7 Å². The highest BCUT2D eigenvalue weighted by Crippen LogP contribution is 2.31. The fourth-order valence-corrected chi connectivity index (χ4v) is 2.12. The number of carbonyl (C=O) groups is 1. The second-order valence-electron chi connectivity index (χ2n) is 4.00. The van der Waals surface area contributed by atoms with Gasteiger partial charge in [-0.2, -0.15) is 0 Å². The summed E-state index contributed by atoms with van der Waals surface area (Å²) in [5.74, 6) is -1.01. The number of benzene rings is 1. The first-order chi connectivity index (χ1) is 8.57. The van der Waals surface area contributed by atoms with Crippen LogP contribution in [0.5, 0.6) is 0 Å². The van der Waals surface area contributed by atoms with Crippen LogP contribution in [0.3, 0.4) is 0 Å². The lowest BCUT2D eigenvalue weighted by atomic mass is 10.1. The van der Waals surface area contributed by atoms with Gasteiger partial charge in [0.2, 0.25) is 0 Å². The number of halogens is 2. The van der Waals surface area contributed by atoms with Crippen molar-refractivity contribution in [3.05, 3.63) is 39.4 Å². The quantitative estimate of drug-likeness (QED) is 0.632. The van der Waals surface area contributed by atoms with E-state index in [1.165, 1.54) is 0 Å². The Hall–Kier alpha value is -0.870. The molecule has 1 aromatic rings. The smallest absolute Gasteiger partial charge is 0.195 e. The molecular formula is C13H12Cl2O3. The van der Waals surface area contributed by atoms with Gasteiger partial charge < -0.3 is 9.47 Å². The van der Waals surface area contributed by atoms with Crippen molar-refractivity contribution in [3.63, 3.8) is 0 Å². The van der Waals surface area contributed by atoms with Crippen LogP contribution in [-0.2, 0) is 14.3 Å². The van der Waals surface area contributed by atoms with Crippen molar-refractivity contribution in [2.75, 3.05) is 13.2 Å². The average molecular weight is 287 g/mol. The summed E-state index contributed by atoms with van der Waals surface area (Å²) in [4.78, 5) is 11.2. The third kappa shape index (κ3) is 2.59. The largest absolute Gasteiger partial charge is 0.344 e. The predicted molar refractivity (Wildman–Crippen MR) is 70.8 cm³/mol. The van der Waals surface area contributed by atoms with Crippen LogP contribution in [0, 0.1) is 0 Å². The number of aldehydes is 1. The molecule has 0 spiro atoms. The SMILES string of the molecule is CC1(/C(C=O)=C/c2cccc(Cl)c2Cl)OCCO1. The molecule has 1 aromatic carbocycles. The first-order valence-electron chi connectivity index (χ1n) is 5.46. The molecule has 0 N–H and O–H groups in total. The molecule has 0 atom stereocenters. The molecule has 1 saturated heterocycles. The molecule has 1 aliphatic rings. The van der Waals surface area contributed by atoms with E-state index in [1.54, 1.807) is 31.2 Å². The van der Waals surface area contributed by atoms with Crippen LogP contribution in [-0.4, -0.2) is 25.3 Å². The van der Waals surface area contributed by atoms with Gasteiger partial charge in [-0.15, -0.1) is 0 Å². The first kappa shape index (κ1) is 13.6. The van der Waals surface area contributed by atoms with Gasteiger partial charge in [-0.05, 0) is 24.6 Å². The second kappa shape index (κ2) is 5.41. The maximum atomic E-state index is 11.2. The molecule has 3 nitrogen and oxygen atoms in total. The normalized spacial score (nSPS) is 18.9. The van der Waals surface area contributed by atoms with Crippen LogP contribution in [0.4, 0.5) is 0 Å². The standard InChI is InChI=1S/C13H12Cl2O3/c1-13(17-5-6-18-13)10(8-16)7-9-3-2-4-11(14)12(9)15/h2-4,7-8H,5-6H2,1H3/b10-7+. The molecule has 1 aliphatic heterocycles. The van der Waals surface area contributed by atoms with E-state index in [9.17, 15) is 4.79 Å². The van der Waals surface area contributed by atoms with Gasteiger partial charge in [0.05, 0.1) is 28.8 Å². The number of hydrogen-bond acceptors (Lipinski definition) is 3. The van der Waals surface area contributed by atoms with E-state index in [1.807, 2.05) is 0 Å². The Kier molecular flexibility index (Phi) is 4.07. The zero-order valence-electron chi connectivity index (χ0n) is 9.78. The summed E-state index contributed by atoms with van der Waals surface area (Å²) in [6.07, 6.45) is 2.34. The Morgan fingerprint density at radius 2 is 2.00 bits per heavy atom. The highest BCUT2D eigenvalue weighted by atomic mass is 35.5. The molecule has 1 fully saturated rings. The van der Waals surface area contributed by atoms with E-state index >= 15 is 0 Å². The molecule has 0 amide bonds. The first-order valence-corrected chi connectivity index (χ1v) is 6.22. The minimum Gasteiger partial charge on any atom is -0.344 e. The summed E-state index contributed by atoms with van der Waals surface area (Å²) in [5, 5.41) is 0.842. The average Bonchev–Trinajstić information content (AvgIpc) is 2.79. The summed E-state index contributed by atoms with van der Waals surface area (Å²) in [6, 6.07) is 5.23. The highest BCUT2D eigenvalue weighted by Gasteiger charge is 2.35. The third-order valence-electron chi connectivity index (χ3n) is 2.78. The van der Waals surface area contributed by atoms with Gasteiger partial charge in [0.15, 0.2) is 12.1 Å². The van der Waals surface area contributed by atoms with Crippen molar-refractivity contribution in [1.29, 1.82) is 0 Å². The van der Waals surface area contributed by atoms with Gasteiger partial charge >= 0.3 is 0 Å². The summed E-state index contributed by atoms with van der Waals surface area (Å²) in [6.45, 7) is 2.63. The van der Waals surface area contributed by atoms with E-state index in [0.29, 0.717) is 40.7 Å². The Morgan fingerprint density at radius 3 is 2.61 bits per heavy atom. The molecule has 0 unspecified atom stereocenters. The fraction of sp³-hybridized carbons (Fsp3) is 0.308. The van der Waals surface area contributed by atoms with E-state index in [2.05, 4.69) is 0 Å². The van der Waals surface area contributed by atoms with Gasteiger partial charge in [-0.25, -0.2) is 0 Å². The van der Waals surface area contributed by atoms with Gasteiger partial charge in [0, 0.05) is 0 Å². The van der Waals surface area contributed by atoms with E-state index < -0.39 is 5.79 Å². The summed E-state index contributed by atoms with van der Waals surface area (Å²) in [7, 11) is 0. The van der Waals surface area contributed by atoms with Crippen LogP contribution < -0.4 is 0 Å². The van der Waals surface area contributed by atoms with E-state index in [0.717, 1.165) is 0 Å². The minimum atomic E-state index is -1.01. The lowest BCUT2D eigenvalue weighted by Crippen LogP contribution is -2.29. The molecule has 0 saturated carbocycles. The summed E-state index contributed by atoms with van der Waals surface area (Å²) < 4.78 is 10.9. The van der Waals surface area contributed by atoms with Gasteiger partial charge in [-0.3, -0.25) is 4.79 Å². The maximum Gasteiger partial charge on any atom is 0.195 e. The minimum absolute atomic E-state index is 0.379. The Bertz CT molecular complexity index is 491. The summed E-state index contributed by atoms with van der Waals surface area (Å²) >= 11 is 12.0. The molecule has 0 radical (unpaired) electrons. The van der Waals surface area contributed by atoms with Gasteiger partial charge in [-0.1, -0.05) is 35.3 Å². The van der Waals surface area contributed by atoms with E-state index in [-0.39, 0.29) is 0 Å². The molecular weight excluding hydrogens is 275 g/mol. The van der Waals surface area contributed by atoms with Crippen molar-refractivity contribution in [2.24, 2.45) is 0 Å². The Labute approximate surface area is 115 Å². The second-order valence-corrected chi connectivity index (χ2v) is 4.79. The Morgan fingerprint density at radius 1 is 1.33 bits per heavy atom. The lowest BCUT2D eigenvalue weighted by Gasteiger charge is -2.22. The monoisotopic (exact) mass is 286 g/mol. The maximum absolute atomic E-state index is 11.2. The van der Waals surface area contributed by atoms with Crippen molar-refractivity contribution < 1.29 is 14.3 Å². The van der Waals surface area contributed by atoms with E-state index in [4.69, 9.17) is 32.7 Å². The van der Waals surface area contributed by atoms with Crippen LogP contribution >= 0.6 is 23.2 Å². The van der Waals surface area contributed by atoms with Crippen molar-refractivity contribution in [3.8, 4) is 0 Å². The number of rotatable bonds is 3. The van der Waals surface area contributed by atoms with Crippen molar-refractivity contribution >= 4 is 35.6 Å². The van der Waals surface area contributed by atoms with Crippen LogP contribution in [0.25, 0.3) is 6.08 Å². The molecule has 5 heteroatoms. The molecule has 0 bridgehead atoms. The third-order valence-corrected chi connectivity index (χ3v) is 3.62. The van der Waals surface area contributed by atoms with Crippen LogP contribution in [0.1, 0.15) is 12.5 Å². The zero-order valence-corrected chi connectivity index (χ0v) is 11.3. The fourth-order valence-electron chi connectivity index (χ4n) is 1.75. The molecule has 0 aliphatic carbocycles. The molecule has 18 heavy (non-hydrogen) atoms. The summed E-state index contributed by atoms with van der Waals surface area (Å²) in [5.41, 5.74) is 1.04. The van der Waals surface area contributed by atoms with Crippen LogP contribution in [0.2, 0.25) is 10.0 Å². The highest BCUT2D eigenvalue weighted by molar-refractivity contribution is 6.42. The van der Waals surface area contributed by atoms with Crippen molar-refractivity contribution in [1.82, 2.24) is 0 Å². The van der Waals surface area contributed by atoms with Gasteiger partial charge in [0.25, 0.3) is 0 Å².